The van der Waals surface area contributed by atoms with Gasteiger partial charge < -0.3 is 19.4 Å². The minimum Gasteiger partial charge on any atom is -0.425 e. The Balaban J connectivity index is 1.39. The number of nitrogens with zero attached hydrogens (tertiary/aromatic N) is 2. The second kappa shape index (κ2) is 9.91. The van der Waals surface area contributed by atoms with Crippen LogP contribution in [-0.2, 0) is 4.74 Å². The fraction of sp³-hybridized carbons (Fsp3) is 0.222. The summed E-state index contributed by atoms with van der Waals surface area (Å²) in [6, 6.07) is 16.9. The van der Waals surface area contributed by atoms with Crippen molar-refractivity contribution in [3.63, 3.8) is 0 Å². The molecule has 0 saturated carbocycles. The van der Waals surface area contributed by atoms with Gasteiger partial charge in [-0.1, -0.05) is 41.5 Å². The second-order valence-electron chi connectivity index (χ2n) is 11.6. The summed E-state index contributed by atoms with van der Waals surface area (Å²) in [7, 11) is 0. The van der Waals surface area contributed by atoms with E-state index >= 15 is 0 Å². The summed E-state index contributed by atoms with van der Waals surface area (Å²) in [5.74, 6) is 2.35. The lowest BCUT2D eigenvalue weighted by molar-refractivity contribution is 0.448. The maximum atomic E-state index is 6.36. The van der Waals surface area contributed by atoms with Gasteiger partial charge in [0.05, 0.1) is 23.4 Å². The van der Waals surface area contributed by atoms with Crippen molar-refractivity contribution in [3.8, 4) is 11.8 Å². The minimum absolute atomic E-state index is 0.0389. The van der Waals surface area contributed by atoms with Gasteiger partial charge in [-0.3, -0.25) is 0 Å². The van der Waals surface area contributed by atoms with E-state index in [4.69, 9.17) is 19.5 Å². The zero-order valence-corrected chi connectivity index (χ0v) is 24.8. The number of aryl methyl sites for hydroxylation is 6. The number of nitrogens with one attached hydrogen (secondary N) is 2. The lowest BCUT2D eigenvalue weighted by Crippen LogP contribution is -2.18. The molecular weight excluding hydrogens is 520 g/mol. The van der Waals surface area contributed by atoms with Crippen LogP contribution in [0.25, 0.3) is 5.57 Å². The van der Waals surface area contributed by atoms with Gasteiger partial charge in [0.1, 0.15) is 0 Å². The monoisotopic (exact) mass is 554 g/mol. The lowest BCUT2D eigenvalue weighted by Gasteiger charge is -2.24. The molecule has 7 rings (SSSR count). The Bertz CT molecular complexity index is 1860. The lowest BCUT2D eigenvalue weighted by atomic mass is 9.83. The maximum absolute atomic E-state index is 6.36. The van der Waals surface area contributed by atoms with Crippen LogP contribution in [0.4, 0.5) is 0 Å². The van der Waals surface area contributed by atoms with Gasteiger partial charge in [-0.15, -0.1) is 0 Å². The number of aliphatic imine (C=N–C) groups is 2. The topological polar surface area (TPSA) is 74.8 Å². The molecule has 0 amide bonds. The number of benzene rings is 2. The van der Waals surface area contributed by atoms with E-state index in [0.29, 0.717) is 23.6 Å². The molecule has 210 valence electrons. The highest BCUT2D eigenvalue weighted by Crippen LogP contribution is 2.39. The summed E-state index contributed by atoms with van der Waals surface area (Å²) in [6.07, 6.45) is 8.01. The van der Waals surface area contributed by atoms with Gasteiger partial charge in [-0.25, -0.2) is 9.98 Å². The van der Waals surface area contributed by atoms with Crippen LogP contribution in [0.2, 0.25) is 0 Å². The molecule has 0 radical (unpaired) electrons. The molecule has 2 aromatic carbocycles. The van der Waals surface area contributed by atoms with Crippen molar-refractivity contribution in [3.05, 3.63) is 134 Å². The molecule has 42 heavy (non-hydrogen) atoms. The molecule has 6 heteroatoms. The molecule has 2 unspecified atom stereocenters. The Morgan fingerprint density at radius 3 is 2.07 bits per heavy atom. The average molecular weight is 555 g/mol. The van der Waals surface area contributed by atoms with Crippen molar-refractivity contribution >= 4 is 17.4 Å². The number of rotatable bonds is 2. The molecule has 8 bridgehead atoms. The molecule has 6 nitrogen and oxygen atoms in total. The molecule has 0 saturated heterocycles. The average Bonchev–Trinajstić information content (AvgIpc) is 3.73. The Morgan fingerprint density at radius 1 is 0.667 bits per heavy atom. The molecule has 2 atom stereocenters. The van der Waals surface area contributed by atoms with Crippen molar-refractivity contribution in [2.45, 2.75) is 53.5 Å². The second-order valence-corrected chi connectivity index (χ2v) is 11.6. The van der Waals surface area contributed by atoms with Gasteiger partial charge in [-0.05, 0) is 99.2 Å². The third kappa shape index (κ3) is 4.53. The number of ether oxygens (including phenoxy) is 2. The van der Waals surface area contributed by atoms with Crippen LogP contribution in [0.1, 0.15) is 61.8 Å². The van der Waals surface area contributed by atoms with Gasteiger partial charge in [0.15, 0.2) is 11.8 Å². The summed E-state index contributed by atoms with van der Waals surface area (Å²) in [4.78, 5) is 17.1. The first-order valence-electron chi connectivity index (χ1n) is 14.4. The quantitative estimate of drug-likeness (QED) is 0.262. The summed E-state index contributed by atoms with van der Waals surface area (Å²) >= 11 is 0. The van der Waals surface area contributed by atoms with Gasteiger partial charge in [0.25, 0.3) is 0 Å². The van der Waals surface area contributed by atoms with Gasteiger partial charge in [0.2, 0.25) is 11.8 Å². The zero-order valence-electron chi connectivity index (χ0n) is 24.8. The third-order valence-electron chi connectivity index (χ3n) is 8.27. The summed E-state index contributed by atoms with van der Waals surface area (Å²) in [5.41, 5.74) is 13.5. The highest BCUT2D eigenvalue weighted by molar-refractivity contribution is 6.05. The van der Waals surface area contributed by atoms with Crippen molar-refractivity contribution in [1.29, 1.82) is 0 Å². The standard InChI is InChI=1S/C36H34N4O2/c1-19-15-21(3)33(22(4)16-19)35-25-7-11-29(37-25)41-31-13-9-27(39-31)36(34-23(5)17-20(2)18-24(34)6)28-10-14-32(40-28)42-30-12-8-26(35)38-30/h7-18,25,35,38,40H,1-6H3/b36-27+. The summed E-state index contributed by atoms with van der Waals surface area (Å²) < 4.78 is 12.6. The van der Waals surface area contributed by atoms with E-state index in [-0.39, 0.29) is 12.0 Å². The van der Waals surface area contributed by atoms with Crippen LogP contribution in [-0.4, -0.2) is 27.8 Å². The molecule has 0 fully saturated rings. The fourth-order valence-electron chi connectivity index (χ4n) is 6.80. The van der Waals surface area contributed by atoms with E-state index in [2.05, 4.69) is 94.0 Å². The zero-order chi connectivity index (χ0) is 29.1. The molecule has 3 aliphatic rings. The van der Waals surface area contributed by atoms with Crippen LogP contribution in [0.3, 0.4) is 0 Å². The van der Waals surface area contributed by atoms with Crippen molar-refractivity contribution < 1.29 is 9.47 Å². The molecule has 4 aromatic rings. The predicted octanol–water partition coefficient (Wildman–Crippen LogP) is 8.21. The third-order valence-corrected chi connectivity index (χ3v) is 8.27. The normalized spacial score (nSPS) is 20.8. The number of hydrogen-bond acceptors (Lipinski definition) is 4. The van der Waals surface area contributed by atoms with Gasteiger partial charge in [-0.2, -0.15) is 0 Å². The fourth-order valence-corrected chi connectivity index (χ4v) is 6.80. The predicted molar refractivity (Wildman–Crippen MR) is 169 cm³/mol. The molecule has 2 N–H and O–H groups in total. The maximum Gasteiger partial charge on any atom is 0.221 e. The summed E-state index contributed by atoms with van der Waals surface area (Å²) in [5, 5.41) is 0. The number of hydrogen-bond donors (Lipinski definition) is 2. The number of aromatic amines is 2. The SMILES string of the molecule is Cc1cc(C)c(/C2=C3\C=CC(=N3)OC3=NC(C=C3)C(c3c(C)cc(C)cc3C)c3ccc([nH]3)Oc3ccc2[nH]3)c(C)c1. The number of aromatic nitrogens is 2. The minimum atomic E-state index is -0.147. The molecule has 5 heterocycles. The molecule has 3 aliphatic heterocycles. The van der Waals surface area contributed by atoms with Crippen LogP contribution in [0.15, 0.2) is 88.5 Å². The Morgan fingerprint density at radius 2 is 1.33 bits per heavy atom. The van der Waals surface area contributed by atoms with Crippen LogP contribution < -0.4 is 4.74 Å². The number of allylic oxidation sites excluding steroid dienone is 1. The first-order chi connectivity index (χ1) is 20.2. The largest absolute Gasteiger partial charge is 0.425 e. The van der Waals surface area contributed by atoms with Gasteiger partial charge in [0, 0.05) is 29.5 Å². The molecule has 2 aromatic heterocycles. The van der Waals surface area contributed by atoms with Crippen LogP contribution in [0.5, 0.6) is 11.8 Å². The Hall–Kier alpha value is -4.84. The Kier molecular flexibility index (Phi) is 6.15. The first kappa shape index (κ1) is 26.1. The van der Waals surface area contributed by atoms with Crippen molar-refractivity contribution in [2.24, 2.45) is 9.98 Å². The first-order valence-corrected chi connectivity index (χ1v) is 14.4. The van der Waals surface area contributed by atoms with E-state index in [1.807, 2.05) is 30.4 Å². The number of fused-ring (bicyclic) bond motifs is 6. The molecular formula is C36H34N4O2. The van der Waals surface area contributed by atoms with Crippen molar-refractivity contribution in [1.82, 2.24) is 9.97 Å². The van der Waals surface area contributed by atoms with E-state index in [1.54, 1.807) is 0 Å². The van der Waals surface area contributed by atoms with E-state index in [0.717, 1.165) is 28.2 Å². The number of H-pyrrole nitrogens is 2. The highest BCUT2D eigenvalue weighted by atomic mass is 16.5. The summed E-state index contributed by atoms with van der Waals surface area (Å²) in [6.45, 7) is 12.9. The molecule has 0 spiro atoms. The smallest absolute Gasteiger partial charge is 0.221 e. The van der Waals surface area contributed by atoms with E-state index in [1.165, 1.54) is 38.9 Å². The Labute approximate surface area is 246 Å². The molecule has 0 aliphatic carbocycles. The van der Waals surface area contributed by atoms with E-state index < -0.39 is 0 Å². The van der Waals surface area contributed by atoms with Crippen molar-refractivity contribution in [2.75, 3.05) is 0 Å². The van der Waals surface area contributed by atoms with Crippen LogP contribution in [0, 0.1) is 41.5 Å². The highest BCUT2D eigenvalue weighted by Gasteiger charge is 2.31. The van der Waals surface area contributed by atoms with Crippen LogP contribution >= 0.6 is 0 Å². The van der Waals surface area contributed by atoms with Gasteiger partial charge >= 0.3 is 0 Å². The van der Waals surface area contributed by atoms with E-state index in [9.17, 15) is 0 Å².